The molecule has 0 fully saturated rings. The zero-order chi connectivity index (χ0) is 14.3. The van der Waals surface area contributed by atoms with Crippen molar-refractivity contribution in [1.82, 2.24) is 19.1 Å². The summed E-state index contributed by atoms with van der Waals surface area (Å²) < 4.78 is 4.55. The molecule has 2 aromatic rings. The van der Waals surface area contributed by atoms with E-state index in [1.807, 2.05) is 12.4 Å². The normalized spacial score (nSPS) is 12.9. The van der Waals surface area contributed by atoms with E-state index in [1.165, 1.54) is 10.9 Å². The van der Waals surface area contributed by atoms with Crippen LogP contribution in [0.2, 0.25) is 39.3 Å². The average Bonchev–Trinajstić information content (AvgIpc) is 2.83. The Bertz CT molecular complexity index is 507. The van der Waals surface area contributed by atoms with Gasteiger partial charge in [-0.1, -0.05) is 39.3 Å². The van der Waals surface area contributed by atoms with Crippen molar-refractivity contribution >= 4 is 27.0 Å². The standard InChI is InChI=1S/C13H24N4Si2/c1-18(2,3)12-14-7-9-16(12)11-17-10-8-15-13(17)19(4,5)6/h7-10H,11H2,1-6H3. The summed E-state index contributed by atoms with van der Waals surface area (Å²) in [7, 11) is -2.79. The maximum Gasteiger partial charge on any atom is 0.123 e. The van der Waals surface area contributed by atoms with Crippen molar-refractivity contribution in [1.29, 1.82) is 0 Å². The molecule has 0 unspecified atom stereocenters. The molecule has 0 bridgehead atoms. The van der Waals surface area contributed by atoms with E-state index in [-0.39, 0.29) is 0 Å². The van der Waals surface area contributed by atoms with Gasteiger partial charge in [0.15, 0.2) is 0 Å². The smallest absolute Gasteiger partial charge is 0.123 e. The summed E-state index contributed by atoms with van der Waals surface area (Å²) in [4.78, 5) is 9.12. The lowest BCUT2D eigenvalue weighted by atomic mass is 10.8. The highest BCUT2D eigenvalue weighted by Gasteiger charge is 2.25. The zero-order valence-corrected chi connectivity index (χ0v) is 14.8. The lowest BCUT2D eigenvalue weighted by Crippen LogP contribution is -2.48. The Morgan fingerprint density at radius 3 is 1.47 bits per heavy atom. The van der Waals surface area contributed by atoms with Gasteiger partial charge in [-0.3, -0.25) is 0 Å². The highest BCUT2D eigenvalue weighted by atomic mass is 28.3. The third-order valence-corrected chi connectivity index (χ3v) is 6.59. The summed E-state index contributed by atoms with van der Waals surface area (Å²) in [5.74, 6) is 0. The van der Waals surface area contributed by atoms with E-state index < -0.39 is 16.1 Å². The van der Waals surface area contributed by atoms with Gasteiger partial charge in [0.05, 0.1) is 10.9 Å². The van der Waals surface area contributed by atoms with Crippen LogP contribution in [0.15, 0.2) is 24.8 Å². The van der Waals surface area contributed by atoms with Crippen molar-refractivity contribution < 1.29 is 0 Å². The predicted molar refractivity (Wildman–Crippen MR) is 85.8 cm³/mol. The van der Waals surface area contributed by atoms with Gasteiger partial charge in [0.1, 0.15) is 22.8 Å². The predicted octanol–water partition coefficient (Wildman–Crippen LogP) is 1.68. The fourth-order valence-electron chi connectivity index (χ4n) is 2.30. The van der Waals surface area contributed by atoms with E-state index >= 15 is 0 Å². The fourth-order valence-corrected chi connectivity index (χ4v) is 5.24. The SMILES string of the molecule is C[Si](C)(C)c1nccn1Cn1ccnc1[Si](C)(C)C. The van der Waals surface area contributed by atoms with Crippen molar-refractivity contribution in [3.63, 3.8) is 0 Å². The Balaban J connectivity index is 2.33. The summed E-state index contributed by atoms with van der Waals surface area (Å²) >= 11 is 0. The summed E-state index contributed by atoms with van der Waals surface area (Å²) in [5.41, 5.74) is 2.51. The molecule has 2 aromatic heterocycles. The molecule has 0 aromatic carbocycles. The minimum Gasteiger partial charge on any atom is -0.320 e. The second-order valence-electron chi connectivity index (χ2n) is 7.08. The third-order valence-electron chi connectivity index (χ3n) is 3.08. The van der Waals surface area contributed by atoms with Crippen molar-refractivity contribution in [2.45, 2.75) is 46.0 Å². The number of aromatic nitrogens is 4. The largest absolute Gasteiger partial charge is 0.320 e. The highest BCUT2D eigenvalue weighted by Crippen LogP contribution is 2.04. The van der Waals surface area contributed by atoms with E-state index in [1.54, 1.807) is 0 Å². The van der Waals surface area contributed by atoms with Crippen molar-refractivity contribution in [2.75, 3.05) is 0 Å². The van der Waals surface area contributed by atoms with Crippen LogP contribution in [0.1, 0.15) is 0 Å². The van der Waals surface area contributed by atoms with E-state index in [0.29, 0.717) is 0 Å². The van der Waals surface area contributed by atoms with Crippen molar-refractivity contribution in [3.05, 3.63) is 24.8 Å². The summed E-state index contributed by atoms with van der Waals surface area (Å²) in [6.07, 6.45) is 8.00. The Morgan fingerprint density at radius 1 is 0.789 bits per heavy atom. The first-order valence-corrected chi connectivity index (χ1v) is 13.7. The molecule has 4 nitrogen and oxygen atoms in total. The molecule has 2 rings (SSSR count). The van der Waals surface area contributed by atoms with Crippen molar-refractivity contribution in [2.24, 2.45) is 0 Å². The average molecular weight is 293 g/mol. The molecule has 19 heavy (non-hydrogen) atoms. The molecular formula is C13H24N4Si2. The molecule has 0 aliphatic heterocycles. The molecule has 0 aliphatic rings. The van der Waals surface area contributed by atoms with Crippen LogP contribution in [0.4, 0.5) is 0 Å². The van der Waals surface area contributed by atoms with Crippen LogP contribution >= 0.6 is 0 Å². The van der Waals surface area contributed by atoms with Crippen LogP contribution < -0.4 is 10.9 Å². The molecule has 0 saturated heterocycles. The van der Waals surface area contributed by atoms with Gasteiger partial charge in [0.25, 0.3) is 0 Å². The first-order valence-electron chi connectivity index (χ1n) is 6.73. The Kier molecular flexibility index (Phi) is 3.57. The highest BCUT2D eigenvalue weighted by molar-refractivity contribution is 6.88. The summed E-state index contributed by atoms with van der Waals surface area (Å²) in [6, 6.07) is 0. The van der Waals surface area contributed by atoms with Gasteiger partial charge < -0.3 is 9.13 Å². The lowest BCUT2D eigenvalue weighted by Gasteiger charge is -2.21. The second kappa shape index (κ2) is 4.75. The minimum atomic E-state index is -1.39. The van der Waals surface area contributed by atoms with Crippen LogP contribution in [0, 0.1) is 0 Å². The molecule has 0 amide bonds. The number of rotatable bonds is 4. The van der Waals surface area contributed by atoms with E-state index in [4.69, 9.17) is 0 Å². The number of nitrogens with zero attached hydrogens (tertiary/aromatic N) is 4. The molecule has 0 N–H and O–H groups in total. The monoisotopic (exact) mass is 292 g/mol. The van der Waals surface area contributed by atoms with Crippen LogP contribution in [0.3, 0.4) is 0 Å². The van der Waals surface area contributed by atoms with Gasteiger partial charge in [-0.15, -0.1) is 0 Å². The third kappa shape index (κ3) is 3.06. The lowest BCUT2D eigenvalue weighted by molar-refractivity contribution is 0.630. The summed E-state index contributed by atoms with van der Waals surface area (Å²) in [6.45, 7) is 14.8. The van der Waals surface area contributed by atoms with Gasteiger partial charge in [-0.2, -0.15) is 0 Å². The van der Waals surface area contributed by atoms with Crippen LogP contribution in [-0.4, -0.2) is 35.2 Å². The maximum atomic E-state index is 4.56. The molecule has 104 valence electrons. The Hall–Kier alpha value is -1.15. The van der Waals surface area contributed by atoms with Crippen molar-refractivity contribution in [3.8, 4) is 0 Å². The van der Waals surface area contributed by atoms with Gasteiger partial charge in [0.2, 0.25) is 0 Å². The molecule has 0 radical (unpaired) electrons. The molecular weight excluding hydrogens is 268 g/mol. The maximum absolute atomic E-state index is 4.56. The van der Waals surface area contributed by atoms with Crippen LogP contribution in [0.25, 0.3) is 0 Å². The first kappa shape index (κ1) is 14.3. The minimum absolute atomic E-state index is 0.833. The fraction of sp³-hybridized carbons (Fsp3) is 0.538. The van der Waals surface area contributed by atoms with Gasteiger partial charge >= 0.3 is 0 Å². The van der Waals surface area contributed by atoms with Crippen LogP contribution in [-0.2, 0) is 6.67 Å². The molecule has 6 heteroatoms. The number of imidazole rings is 2. The topological polar surface area (TPSA) is 35.6 Å². The molecule has 0 aliphatic carbocycles. The Morgan fingerprint density at radius 2 is 1.16 bits per heavy atom. The van der Waals surface area contributed by atoms with E-state index in [9.17, 15) is 0 Å². The summed E-state index contributed by atoms with van der Waals surface area (Å²) in [5, 5.41) is 0. The molecule has 0 atom stereocenters. The first-order chi connectivity index (χ1) is 8.69. The van der Waals surface area contributed by atoms with Gasteiger partial charge in [-0.05, 0) is 0 Å². The molecule has 0 saturated carbocycles. The van der Waals surface area contributed by atoms with E-state index in [2.05, 4.69) is 70.8 Å². The quantitative estimate of drug-likeness (QED) is 0.804. The second-order valence-corrected chi connectivity index (χ2v) is 17.0. The van der Waals surface area contributed by atoms with E-state index in [0.717, 1.165) is 6.67 Å². The van der Waals surface area contributed by atoms with Gasteiger partial charge in [-0.25, -0.2) is 9.97 Å². The Labute approximate surface area is 117 Å². The molecule has 2 heterocycles. The van der Waals surface area contributed by atoms with Crippen LogP contribution in [0.5, 0.6) is 0 Å². The number of hydrogen-bond acceptors (Lipinski definition) is 2. The number of hydrogen-bond donors (Lipinski definition) is 0. The molecule has 0 spiro atoms. The zero-order valence-electron chi connectivity index (χ0n) is 12.8. The van der Waals surface area contributed by atoms with Gasteiger partial charge in [0, 0.05) is 24.8 Å².